The van der Waals surface area contributed by atoms with Crippen molar-refractivity contribution in [2.24, 2.45) is 5.73 Å². The minimum atomic E-state index is -0.355. The molecule has 0 radical (unpaired) electrons. The largest absolute Gasteiger partial charge is 0.488 e. The van der Waals surface area contributed by atoms with Crippen LogP contribution in [0.25, 0.3) is 0 Å². The van der Waals surface area contributed by atoms with Gasteiger partial charge in [-0.05, 0) is 31.5 Å². The minimum Gasteiger partial charge on any atom is -0.488 e. The molecule has 0 saturated heterocycles. The smallest absolute Gasteiger partial charge is 0.165 e. The van der Waals surface area contributed by atoms with Crippen LogP contribution in [-0.2, 0) is 0 Å². The lowest BCUT2D eigenvalue weighted by atomic mass is 10.2. The molecule has 0 fully saturated rings. The normalized spacial score (nSPS) is 11.5. The zero-order valence-electron chi connectivity index (χ0n) is 10.3. The van der Waals surface area contributed by atoms with Gasteiger partial charge in [-0.3, -0.25) is 0 Å². The lowest BCUT2D eigenvalue weighted by Gasteiger charge is -2.14. The van der Waals surface area contributed by atoms with Crippen LogP contribution < -0.4 is 10.5 Å². The summed E-state index contributed by atoms with van der Waals surface area (Å²) in [4.78, 5) is 0. The highest BCUT2D eigenvalue weighted by molar-refractivity contribution is 5.40. The Morgan fingerprint density at radius 2 is 2.24 bits per heavy atom. The predicted octanol–water partition coefficient (Wildman–Crippen LogP) is 2.70. The Kier molecular flexibility index (Phi) is 5.51. The Morgan fingerprint density at radius 1 is 1.47 bits per heavy atom. The van der Waals surface area contributed by atoms with Gasteiger partial charge >= 0.3 is 0 Å². The van der Waals surface area contributed by atoms with E-state index >= 15 is 0 Å². The molecule has 0 heterocycles. The second-order valence-electron chi connectivity index (χ2n) is 3.87. The van der Waals surface area contributed by atoms with Crippen LogP contribution in [0.2, 0.25) is 0 Å². The summed E-state index contributed by atoms with van der Waals surface area (Å²) in [6.07, 6.45) is 1.92. The van der Waals surface area contributed by atoms with Gasteiger partial charge in [-0.15, -0.1) is 0 Å². The molecule has 2 N–H and O–H groups in total. The van der Waals surface area contributed by atoms with E-state index in [4.69, 9.17) is 10.5 Å². The summed E-state index contributed by atoms with van der Waals surface area (Å²) in [6.45, 7) is 4.29. The molecule has 0 aromatic heterocycles. The lowest BCUT2D eigenvalue weighted by molar-refractivity contribution is 0.201. The molecular weight excluding hydrogens is 217 g/mol. The number of halogens is 1. The van der Waals surface area contributed by atoms with E-state index in [9.17, 15) is 4.39 Å². The average Bonchev–Trinajstić information content (AvgIpc) is 2.30. The van der Waals surface area contributed by atoms with Crippen LogP contribution >= 0.6 is 0 Å². The Balaban J connectivity index is 2.83. The summed E-state index contributed by atoms with van der Waals surface area (Å²) in [5, 5.41) is 0. The number of hydrogen-bond donors (Lipinski definition) is 1. The van der Waals surface area contributed by atoms with Gasteiger partial charge in [0, 0.05) is 5.56 Å². The van der Waals surface area contributed by atoms with Gasteiger partial charge in [-0.2, -0.15) is 0 Å². The Bertz CT molecular complexity index is 420. The predicted molar refractivity (Wildman–Crippen MR) is 67.3 cm³/mol. The summed E-state index contributed by atoms with van der Waals surface area (Å²) in [6, 6.07) is 4.61. The molecule has 1 unspecified atom stereocenters. The van der Waals surface area contributed by atoms with Gasteiger partial charge in [-0.25, -0.2) is 4.39 Å². The van der Waals surface area contributed by atoms with Crippen LogP contribution in [0.3, 0.4) is 0 Å². The van der Waals surface area contributed by atoms with Crippen LogP contribution in [0.1, 0.15) is 32.3 Å². The zero-order valence-corrected chi connectivity index (χ0v) is 10.3. The van der Waals surface area contributed by atoms with Crippen LogP contribution in [-0.4, -0.2) is 12.6 Å². The van der Waals surface area contributed by atoms with Gasteiger partial charge in [0.15, 0.2) is 11.6 Å². The highest BCUT2D eigenvalue weighted by atomic mass is 19.1. The van der Waals surface area contributed by atoms with Gasteiger partial charge in [0.1, 0.15) is 0 Å². The third kappa shape index (κ3) is 4.46. The SMILES string of the molecule is CCCC(C)Oc1cc(C#CCN)ccc1F. The van der Waals surface area contributed by atoms with Crippen molar-refractivity contribution in [2.75, 3.05) is 6.54 Å². The van der Waals surface area contributed by atoms with Gasteiger partial charge in [-0.1, -0.05) is 25.2 Å². The van der Waals surface area contributed by atoms with Crippen LogP contribution in [0, 0.1) is 17.7 Å². The maximum Gasteiger partial charge on any atom is 0.165 e. The maximum atomic E-state index is 13.5. The Labute approximate surface area is 102 Å². The fraction of sp³-hybridized carbons (Fsp3) is 0.429. The van der Waals surface area contributed by atoms with Crippen LogP contribution in [0.15, 0.2) is 18.2 Å². The number of hydrogen-bond acceptors (Lipinski definition) is 2. The van der Waals surface area contributed by atoms with E-state index in [0.29, 0.717) is 6.54 Å². The number of benzene rings is 1. The van der Waals surface area contributed by atoms with Crippen molar-refractivity contribution in [2.45, 2.75) is 32.8 Å². The number of ether oxygens (including phenoxy) is 1. The highest BCUT2D eigenvalue weighted by Crippen LogP contribution is 2.20. The van der Waals surface area contributed by atoms with Crippen molar-refractivity contribution in [1.82, 2.24) is 0 Å². The molecular formula is C14H18FNO. The van der Waals surface area contributed by atoms with Crippen molar-refractivity contribution in [3.8, 4) is 17.6 Å². The molecule has 1 rings (SSSR count). The molecule has 1 aromatic carbocycles. The molecule has 0 spiro atoms. The van der Waals surface area contributed by atoms with Crippen LogP contribution in [0.5, 0.6) is 5.75 Å². The Hall–Kier alpha value is -1.53. The molecule has 92 valence electrons. The first-order chi connectivity index (χ1) is 8.17. The quantitative estimate of drug-likeness (QED) is 0.814. The fourth-order valence-electron chi connectivity index (χ4n) is 1.51. The lowest BCUT2D eigenvalue weighted by Crippen LogP contribution is -2.12. The monoisotopic (exact) mass is 235 g/mol. The van der Waals surface area contributed by atoms with Gasteiger partial charge < -0.3 is 10.5 Å². The summed E-state index contributed by atoms with van der Waals surface area (Å²) in [7, 11) is 0. The van der Waals surface area contributed by atoms with E-state index in [2.05, 4.69) is 18.8 Å². The van der Waals surface area contributed by atoms with Crippen molar-refractivity contribution in [3.05, 3.63) is 29.6 Å². The first-order valence-electron chi connectivity index (χ1n) is 5.82. The molecule has 2 nitrogen and oxygen atoms in total. The molecule has 0 amide bonds. The first-order valence-corrected chi connectivity index (χ1v) is 5.82. The molecule has 17 heavy (non-hydrogen) atoms. The van der Waals surface area contributed by atoms with E-state index in [0.717, 1.165) is 18.4 Å². The molecule has 1 aromatic rings. The van der Waals surface area contributed by atoms with Crippen molar-refractivity contribution >= 4 is 0 Å². The Morgan fingerprint density at radius 3 is 2.88 bits per heavy atom. The molecule has 0 bridgehead atoms. The van der Waals surface area contributed by atoms with Gasteiger partial charge in [0.2, 0.25) is 0 Å². The summed E-state index contributed by atoms with van der Waals surface area (Å²) < 4.78 is 19.0. The van der Waals surface area contributed by atoms with E-state index in [1.165, 1.54) is 6.07 Å². The van der Waals surface area contributed by atoms with Gasteiger partial charge in [0.05, 0.1) is 12.6 Å². The van der Waals surface area contributed by atoms with Crippen molar-refractivity contribution in [3.63, 3.8) is 0 Å². The first kappa shape index (κ1) is 13.5. The number of nitrogens with two attached hydrogens (primary N) is 1. The topological polar surface area (TPSA) is 35.2 Å². The third-order valence-corrected chi connectivity index (χ3v) is 2.29. The second kappa shape index (κ2) is 6.93. The fourth-order valence-corrected chi connectivity index (χ4v) is 1.51. The maximum absolute atomic E-state index is 13.5. The van der Waals surface area contributed by atoms with Crippen molar-refractivity contribution < 1.29 is 9.13 Å². The summed E-state index contributed by atoms with van der Waals surface area (Å²) >= 11 is 0. The average molecular weight is 235 g/mol. The molecule has 0 aliphatic heterocycles. The van der Waals surface area contributed by atoms with E-state index in [1.54, 1.807) is 12.1 Å². The summed E-state index contributed by atoms with van der Waals surface area (Å²) in [5.41, 5.74) is 6.00. The van der Waals surface area contributed by atoms with Gasteiger partial charge in [0.25, 0.3) is 0 Å². The molecule has 0 saturated carbocycles. The molecule has 3 heteroatoms. The van der Waals surface area contributed by atoms with E-state index < -0.39 is 0 Å². The minimum absolute atomic E-state index is 0.00668. The molecule has 0 aliphatic rings. The standard InChI is InChI=1S/C14H18FNO/c1-3-5-11(2)17-14-10-12(6-4-9-16)7-8-13(14)15/h7-8,10-11H,3,5,9,16H2,1-2H3. The second-order valence-corrected chi connectivity index (χ2v) is 3.87. The van der Waals surface area contributed by atoms with Crippen LogP contribution in [0.4, 0.5) is 4.39 Å². The molecule has 1 atom stereocenters. The zero-order chi connectivity index (χ0) is 12.7. The summed E-state index contributed by atoms with van der Waals surface area (Å²) in [5.74, 6) is 5.49. The van der Waals surface area contributed by atoms with E-state index in [1.807, 2.05) is 6.92 Å². The van der Waals surface area contributed by atoms with E-state index in [-0.39, 0.29) is 17.7 Å². The highest BCUT2D eigenvalue weighted by Gasteiger charge is 2.08. The third-order valence-electron chi connectivity index (χ3n) is 2.29. The number of rotatable bonds is 4. The van der Waals surface area contributed by atoms with Crippen molar-refractivity contribution in [1.29, 1.82) is 0 Å². The molecule has 0 aliphatic carbocycles.